The molecule has 0 heterocycles. The fourth-order valence-electron chi connectivity index (χ4n) is 15.3. The minimum atomic E-state index is -0.707. The monoisotopic (exact) mass is 1440 g/mol. The number of halogens is 1. The molecule has 0 aliphatic heterocycles. The highest BCUT2D eigenvalue weighted by atomic mass is 35.5. The number of benzene rings is 8. The van der Waals surface area contributed by atoms with Crippen LogP contribution in [-0.2, 0) is 88.3 Å². The maximum atomic E-state index is 8.34. The van der Waals surface area contributed by atoms with Crippen LogP contribution in [0.25, 0.3) is 0 Å². The maximum Gasteiger partial charge on any atom is 0.127 e. The molecular weight excluding hydrogens is 1320 g/mol. The molecule has 0 N–H and O–H groups in total. The molecule has 0 spiro atoms. The minimum Gasteiger partial charge on any atom is -0.496 e. The Hall–Kier alpha value is -7.55. The molecule has 8 aromatic carbocycles. The normalized spacial score (nSPS) is 14.0. The summed E-state index contributed by atoms with van der Waals surface area (Å²) in [5.41, 5.74) is 24.3. The van der Waals surface area contributed by atoms with E-state index in [2.05, 4.69) is 263 Å². The second-order valence-electron chi connectivity index (χ2n) is 38.1. The van der Waals surface area contributed by atoms with E-state index in [-0.39, 0.29) is 43.3 Å². The van der Waals surface area contributed by atoms with Crippen molar-refractivity contribution < 1.29 is 37.9 Å². The van der Waals surface area contributed by atoms with Gasteiger partial charge in [0.2, 0.25) is 0 Å². The highest BCUT2D eigenvalue weighted by Crippen LogP contribution is 2.50. The van der Waals surface area contributed by atoms with Gasteiger partial charge in [-0.1, -0.05) is 251 Å². The number of ether oxygens (including phenoxy) is 8. The van der Waals surface area contributed by atoms with Gasteiger partial charge < -0.3 is 37.9 Å². The van der Waals surface area contributed by atoms with Gasteiger partial charge in [-0.15, -0.1) is 11.6 Å². The third-order valence-corrected chi connectivity index (χ3v) is 22.1. The first-order chi connectivity index (χ1) is 48.6. The van der Waals surface area contributed by atoms with Gasteiger partial charge in [0.1, 0.15) is 46.0 Å². The summed E-state index contributed by atoms with van der Waals surface area (Å²) >= 11 is 8.34. The Balaban J connectivity index is 1.43. The molecule has 9 heteroatoms. The Bertz CT molecular complexity index is 4240. The van der Waals surface area contributed by atoms with Gasteiger partial charge >= 0.3 is 0 Å². The third-order valence-electron chi connectivity index (χ3n) is 21.6. The zero-order valence-corrected chi connectivity index (χ0v) is 71.2. The molecule has 0 atom stereocenters. The fourth-order valence-corrected chi connectivity index (χ4v) is 15.6. The summed E-state index contributed by atoms with van der Waals surface area (Å²) in [6.07, 6.45) is 3.74. The number of rotatable bonds is 8. The van der Waals surface area contributed by atoms with Gasteiger partial charge in [-0.3, -0.25) is 0 Å². The molecule has 8 nitrogen and oxygen atoms in total. The summed E-state index contributed by atoms with van der Waals surface area (Å²) in [4.78, 5) is 0. The first kappa shape index (κ1) is 81.5. The van der Waals surface area contributed by atoms with E-state index >= 15 is 0 Å². The molecule has 0 aromatic heterocycles. The summed E-state index contributed by atoms with van der Waals surface area (Å²) < 4.78 is 54.2. The highest BCUT2D eigenvalue weighted by molar-refractivity contribution is 6.23. The van der Waals surface area contributed by atoms with E-state index in [0.29, 0.717) is 44.9 Å². The summed E-state index contributed by atoms with van der Waals surface area (Å²) in [6, 6.07) is 37.5. The van der Waals surface area contributed by atoms with Crippen molar-refractivity contribution in [2.24, 2.45) is 0 Å². The number of hydrogen-bond acceptors (Lipinski definition) is 8. The average molecular weight is 1440 g/mol. The number of alkyl halides is 1. The van der Waals surface area contributed by atoms with Gasteiger partial charge in [0.15, 0.2) is 0 Å². The van der Waals surface area contributed by atoms with E-state index in [1.165, 1.54) is 33.4 Å². The van der Waals surface area contributed by atoms with Crippen molar-refractivity contribution in [1.82, 2.24) is 0 Å². The average Bonchev–Trinajstić information content (AvgIpc) is 0.768. The van der Waals surface area contributed by atoms with E-state index in [1.54, 1.807) is 14.2 Å². The Morgan fingerprint density at radius 1 is 0.190 bits per heavy atom. The predicted octanol–water partition coefficient (Wildman–Crippen LogP) is 23.9. The molecule has 0 fully saturated rings. The predicted molar refractivity (Wildman–Crippen MR) is 441 cm³/mol. The van der Waals surface area contributed by atoms with E-state index in [0.717, 1.165) is 146 Å². The van der Waals surface area contributed by atoms with Crippen LogP contribution in [0, 0.1) is 0 Å². The molecule has 566 valence electrons. The van der Waals surface area contributed by atoms with E-state index in [9.17, 15) is 0 Å². The lowest BCUT2D eigenvalue weighted by Gasteiger charge is -2.29. The second-order valence-corrected chi connectivity index (χ2v) is 38.5. The SMILES string of the molecule is COc1c2cc(C(C)(C)C)cc1Cc1cc(C(C)(C)C)cc(c1OC)Cc1cc(C(C)(C)C)cc(c1OC)Cc1cc(C(C)(C)C)cc(c1OC)C(Cl)c1cc(C(C)(C)C)cc(c1OC)Cc1cc(C(C)(C)C)cc(c1OC)Cc1cc(C(C)(C)C)cc(c1OC)Cc1cc(C(C)(C)C)cc(c1OC)C2. The van der Waals surface area contributed by atoms with Gasteiger partial charge in [0.05, 0.1) is 62.3 Å². The van der Waals surface area contributed by atoms with Crippen molar-refractivity contribution in [3.8, 4) is 46.0 Å². The van der Waals surface area contributed by atoms with Gasteiger partial charge in [-0.25, -0.2) is 0 Å². The van der Waals surface area contributed by atoms with E-state index < -0.39 is 5.38 Å². The van der Waals surface area contributed by atoms with Crippen molar-refractivity contribution in [2.45, 2.75) is 260 Å². The maximum absolute atomic E-state index is 8.34. The van der Waals surface area contributed by atoms with Crippen molar-refractivity contribution >= 4 is 11.6 Å². The lowest BCUT2D eigenvalue weighted by Crippen LogP contribution is -2.17. The van der Waals surface area contributed by atoms with Gasteiger partial charge in [-0.05, 0) is 178 Å². The van der Waals surface area contributed by atoms with Crippen LogP contribution in [-0.4, -0.2) is 56.9 Å². The molecular formula is C96H127ClO8. The van der Waals surface area contributed by atoms with Crippen molar-refractivity contribution in [1.29, 1.82) is 0 Å². The molecule has 0 radical (unpaired) electrons. The van der Waals surface area contributed by atoms with Crippen LogP contribution in [0.2, 0.25) is 0 Å². The third kappa shape index (κ3) is 17.7. The molecule has 16 bridgehead atoms. The van der Waals surface area contributed by atoms with Crippen LogP contribution in [0.3, 0.4) is 0 Å². The van der Waals surface area contributed by atoms with Crippen molar-refractivity contribution in [3.63, 3.8) is 0 Å². The zero-order chi connectivity index (χ0) is 78.0. The smallest absolute Gasteiger partial charge is 0.127 e. The topological polar surface area (TPSA) is 73.8 Å². The van der Waals surface area contributed by atoms with Gasteiger partial charge in [0.25, 0.3) is 0 Å². The van der Waals surface area contributed by atoms with Crippen LogP contribution < -0.4 is 37.9 Å². The van der Waals surface area contributed by atoms with E-state index in [4.69, 9.17) is 49.5 Å². The molecule has 1 aliphatic carbocycles. The molecule has 0 unspecified atom stereocenters. The number of fused-ring (bicyclic) bond motifs is 16. The first-order valence-corrected chi connectivity index (χ1v) is 38.3. The Morgan fingerprint density at radius 2 is 0.295 bits per heavy atom. The summed E-state index contributed by atoms with van der Waals surface area (Å²) in [6.45, 7) is 55.0. The molecule has 8 aromatic rings. The minimum absolute atomic E-state index is 0.213. The van der Waals surface area contributed by atoms with Crippen LogP contribution >= 0.6 is 11.6 Å². The van der Waals surface area contributed by atoms with Gasteiger partial charge in [0, 0.05) is 56.1 Å². The summed E-state index contributed by atoms with van der Waals surface area (Å²) in [5, 5.41) is -0.707. The Kier molecular flexibility index (Phi) is 23.5. The summed E-state index contributed by atoms with van der Waals surface area (Å²) in [5.74, 6) is 6.48. The van der Waals surface area contributed by atoms with Crippen molar-refractivity contribution in [3.05, 3.63) is 231 Å². The lowest BCUT2D eigenvalue weighted by atomic mass is 9.79. The first-order valence-electron chi connectivity index (χ1n) is 37.9. The van der Waals surface area contributed by atoms with Crippen LogP contribution in [0.5, 0.6) is 46.0 Å². The Morgan fingerprint density at radius 3 is 0.400 bits per heavy atom. The highest BCUT2D eigenvalue weighted by Gasteiger charge is 2.34. The lowest BCUT2D eigenvalue weighted by molar-refractivity contribution is 0.394. The number of methoxy groups -OCH3 is 8. The largest absolute Gasteiger partial charge is 0.496 e. The molecule has 0 saturated carbocycles. The van der Waals surface area contributed by atoms with Crippen LogP contribution in [0.15, 0.2) is 97.1 Å². The quantitative estimate of drug-likeness (QED) is 0.139. The van der Waals surface area contributed by atoms with Gasteiger partial charge in [-0.2, -0.15) is 0 Å². The summed E-state index contributed by atoms with van der Waals surface area (Å²) in [7, 11) is 14.5. The molecule has 9 rings (SSSR count). The molecule has 0 amide bonds. The zero-order valence-electron chi connectivity index (χ0n) is 70.4. The fraction of sp³-hybridized carbons (Fsp3) is 0.500. The van der Waals surface area contributed by atoms with Crippen LogP contribution in [0.1, 0.15) is 305 Å². The molecule has 0 saturated heterocycles. The molecule has 1 aliphatic rings. The number of hydrogen-bond donors (Lipinski definition) is 0. The standard InChI is InChI=1S/C96H127ClO8/c1-89(2,3)70-40-56-33-57-41-71(90(4,5)6)43-59(82(57)99-26)35-61-45-73(92(10,11)12)47-63(84(61)101-28)37-65-49-75(94(16,17)18)51-67(86(65)103-30)39-69-53-77(96(22,23)24)55-79(88(69)105-32)80(97)78-54-76(95(19,20)21)52-68(87(78)104-31)38-66-50-74(93(13,14)15)48-64(85(66)102-29)36-62-46-72(91(7,8)9)44-60(83(62)100-27)34-58(42-70)81(56)98-25/h40-55,80H,33-39H2,1-32H3. The molecule has 105 heavy (non-hydrogen) atoms. The second kappa shape index (κ2) is 30.2. The Labute approximate surface area is 639 Å². The van der Waals surface area contributed by atoms with Crippen LogP contribution in [0.4, 0.5) is 0 Å². The van der Waals surface area contributed by atoms with E-state index in [1.807, 2.05) is 42.7 Å². The van der Waals surface area contributed by atoms with Crippen molar-refractivity contribution in [2.75, 3.05) is 56.9 Å².